The molecule has 0 saturated heterocycles. The first-order valence-corrected chi connectivity index (χ1v) is 11.6. The normalized spacial score (nSPS) is 16.1. The van der Waals surface area contributed by atoms with Gasteiger partial charge in [-0.1, -0.05) is 48.5 Å². The van der Waals surface area contributed by atoms with Gasteiger partial charge in [0.2, 0.25) is 0 Å². The molecule has 176 valence electrons. The quantitative estimate of drug-likeness (QED) is 0.322. The maximum atomic E-state index is 14.8. The Morgan fingerprint density at radius 3 is 1.97 bits per heavy atom. The van der Waals surface area contributed by atoms with Gasteiger partial charge in [0.25, 0.3) is 0 Å². The molecule has 0 N–H and O–H groups in total. The van der Waals surface area contributed by atoms with Crippen molar-refractivity contribution >= 4 is 5.78 Å². The number of carbonyl (C=O) groups is 1. The van der Waals surface area contributed by atoms with Crippen LogP contribution in [0.25, 0.3) is 0 Å². The van der Waals surface area contributed by atoms with Crippen LogP contribution in [0.15, 0.2) is 84.9 Å². The van der Waals surface area contributed by atoms with Crippen molar-refractivity contribution in [2.45, 2.75) is 18.8 Å². The van der Waals surface area contributed by atoms with Gasteiger partial charge < -0.3 is 14.2 Å². The Hall–Kier alpha value is -4.05. The number of hydrogen-bond acceptors (Lipinski definition) is 4. The fraction of sp³-hybridized carbons (Fsp3) is 0.194. The molecule has 1 unspecified atom stereocenters. The summed E-state index contributed by atoms with van der Waals surface area (Å²) in [5.41, 5.74) is 5.66. The third kappa shape index (κ3) is 3.48. The third-order valence-electron chi connectivity index (χ3n) is 7.06. The fourth-order valence-corrected chi connectivity index (χ4v) is 5.42. The zero-order valence-corrected chi connectivity index (χ0v) is 20.4. The molecule has 0 bridgehead atoms. The van der Waals surface area contributed by atoms with Gasteiger partial charge in [-0.2, -0.15) is 0 Å². The lowest BCUT2D eigenvalue weighted by molar-refractivity contribution is 0.0932. The van der Waals surface area contributed by atoms with Crippen molar-refractivity contribution in [1.82, 2.24) is 0 Å². The van der Waals surface area contributed by atoms with Gasteiger partial charge in [0, 0.05) is 5.56 Å². The van der Waals surface area contributed by atoms with E-state index in [9.17, 15) is 4.79 Å². The number of fused-ring (bicyclic) bond motifs is 2. The largest absolute Gasteiger partial charge is 0.497 e. The highest BCUT2D eigenvalue weighted by atomic mass is 16.5. The number of carbonyl (C=O) groups excluding carboxylic acids is 1. The Kier molecular flexibility index (Phi) is 5.81. The summed E-state index contributed by atoms with van der Waals surface area (Å²) in [4.78, 5) is 14.8. The van der Waals surface area contributed by atoms with E-state index < -0.39 is 5.41 Å². The molecule has 35 heavy (non-hydrogen) atoms. The Morgan fingerprint density at radius 1 is 0.686 bits per heavy atom. The second-order valence-corrected chi connectivity index (χ2v) is 8.82. The van der Waals surface area contributed by atoms with Crippen molar-refractivity contribution in [2.24, 2.45) is 0 Å². The van der Waals surface area contributed by atoms with Crippen LogP contribution in [0, 0.1) is 6.92 Å². The number of ketones is 1. The predicted octanol–water partition coefficient (Wildman–Crippen LogP) is 6.14. The minimum Gasteiger partial charge on any atom is -0.497 e. The lowest BCUT2D eigenvalue weighted by Gasteiger charge is -2.41. The highest BCUT2D eigenvalue weighted by molar-refractivity contribution is 6.10. The lowest BCUT2D eigenvalue weighted by atomic mass is 9.59. The molecule has 0 saturated carbocycles. The van der Waals surface area contributed by atoms with E-state index >= 15 is 0 Å². The van der Waals surface area contributed by atoms with Crippen molar-refractivity contribution < 1.29 is 19.0 Å². The lowest BCUT2D eigenvalue weighted by Crippen LogP contribution is -2.43. The number of ether oxygens (including phenoxy) is 3. The van der Waals surface area contributed by atoms with Crippen LogP contribution in [0.3, 0.4) is 0 Å². The first-order chi connectivity index (χ1) is 17.0. The molecule has 0 fully saturated rings. The fourth-order valence-electron chi connectivity index (χ4n) is 5.42. The molecule has 0 aromatic heterocycles. The van der Waals surface area contributed by atoms with Crippen LogP contribution in [0.1, 0.15) is 43.7 Å². The van der Waals surface area contributed by atoms with E-state index in [0.717, 1.165) is 33.4 Å². The standard InChI is InChI=1S/C31H28O4/c1-20-9-5-7-11-25(20)31(30(32)21-13-15-24(33-2)16-14-21)26-12-8-6-10-22(26)17-23-18-28(34-3)29(35-4)19-27(23)31/h5-16,18-19H,17H2,1-4H3. The van der Waals surface area contributed by atoms with Crippen LogP contribution in [0.5, 0.6) is 17.2 Å². The minimum atomic E-state index is -1.05. The molecule has 4 aromatic rings. The smallest absolute Gasteiger partial charge is 0.182 e. The number of Topliss-reactive ketones (excluding diaryl/α,β-unsaturated/α-hetero) is 1. The molecule has 4 nitrogen and oxygen atoms in total. The molecular formula is C31H28O4. The van der Waals surface area contributed by atoms with Crippen molar-refractivity contribution in [2.75, 3.05) is 21.3 Å². The maximum absolute atomic E-state index is 14.8. The Balaban J connectivity index is 1.92. The Bertz CT molecular complexity index is 1390. The van der Waals surface area contributed by atoms with Crippen LogP contribution in [-0.2, 0) is 11.8 Å². The molecule has 1 aliphatic carbocycles. The van der Waals surface area contributed by atoms with Gasteiger partial charge in [-0.05, 0) is 83.1 Å². The first kappa shape index (κ1) is 22.7. The van der Waals surface area contributed by atoms with Gasteiger partial charge >= 0.3 is 0 Å². The predicted molar refractivity (Wildman–Crippen MR) is 137 cm³/mol. The number of rotatable bonds is 6. The highest BCUT2D eigenvalue weighted by Crippen LogP contribution is 2.51. The molecule has 0 aliphatic heterocycles. The van der Waals surface area contributed by atoms with E-state index in [1.165, 1.54) is 0 Å². The summed E-state index contributed by atoms with van der Waals surface area (Å²) in [6.07, 6.45) is 0.704. The van der Waals surface area contributed by atoms with Gasteiger partial charge in [-0.25, -0.2) is 0 Å². The number of hydrogen-bond donors (Lipinski definition) is 0. The zero-order chi connectivity index (χ0) is 24.6. The van der Waals surface area contributed by atoms with E-state index in [2.05, 4.69) is 31.2 Å². The van der Waals surface area contributed by atoms with E-state index in [4.69, 9.17) is 14.2 Å². The Labute approximate surface area is 206 Å². The number of benzene rings is 4. The van der Waals surface area contributed by atoms with Crippen molar-refractivity contribution in [3.8, 4) is 17.2 Å². The maximum Gasteiger partial charge on any atom is 0.182 e. The Morgan fingerprint density at radius 2 is 1.31 bits per heavy atom. The van der Waals surface area contributed by atoms with Gasteiger partial charge in [-0.3, -0.25) is 4.79 Å². The summed E-state index contributed by atoms with van der Waals surface area (Å²) in [6.45, 7) is 2.07. The zero-order valence-electron chi connectivity index (χ0n) is 20.4. The van der Waals surface area contributed by atoms with Crippen LogP contribution in [0.2, 0.25) is 0 Å². The van der Waals surface area contributed by atoms with Gasteiger partial charge in [0.15, 0.2) is 17.3 Å². The van der Waals surface area contributed by atoms with Gasteiger partial charge in [0.1, 0.15) is 11.2 Å². The topological polar surface area (TPSA) is 44.8 Å². The third-order valence-corrected chi connectivity index (χ3v) is 7.06. The molecule has 4 heteroatoms. The second kappa shape index (κ2) is 8.95. The monoisotopic (exact) mass is 464 g/mol. The van der Waals surface area contributed by atoms with Crippen molar-refractivity contribution in [1.29, 1.82) is 0 Å². The highest BCUT2D eigenvalue weighted by Gasteiger charge is 2.49. The average molecular weight is 465 g/mol. The van der Waals surface area contributed by atoms with Gasteiger partial charge in [-0.15, -0.1) is 0 Å². The first-order valence-electron chi connectivity index (χ1n) is 11.6. The van der Waals surface area contributed by atoms with Crippen LogP contribution in [-0.4, -0.2) is 27.1 Å². The summed E-state index contributed by atoms with van der Waals surface area (Å²) >= 11 is 0. The molecule has 5 rings (SSSR count). The molecule has 1 aliphatic rings. The second-order valence-electron chi connectivity index (χ2n) is 8.82. The van der Waals surface area contributed by atoms with Crippen LogP contribution >= 0.6 is 0 Å². The molecule has 4 aromatic carbocycles. The molecule has 0 heterocycles. The summed E-state index contributed by atoms with van der Waals surface area (Å²) in [7, 11) is 4.89. The number of methoxy groups -OCH3 is 3. The molecule has 0 amide bonds. The van der Waals surface area contributed by atoms with E-state index in [-0.39, 0.29) is 5.78 Å². The van der Waals surface area contributed by atoms with Gasteiger partial charge in [0.05, 0.1) is 21.3 Å². The molecule has 1 atom stereocenters. The number of aryl methyl sites for hydroxylation is 1. The molecule has 0 spiro atoms. The molecule has 0 radical (unpaired) electrons. The van der Waals surface area contributed by atoms with E-state index in [1.807, 2.05) is 60.7 Å². The summed E-state index contributed by atoms with van der Waals surface area (Å²) < 4.78 is 16.7. The summed E-state index contributed by atoms with van der Waals surface area (Å²) in [6, 6.07) is 27.8. The SMILES string of the molecule is COc1ccc(C(=O)C2(c3ccccc3C)c3ccccc3Cc3cc(OC)c(OC)cc32)cc1. The van der Waals surface area contributed by atoms with E-state index in [1.54, 1.807) is 21.3 Å². The van der Waals surface area contributed by atoms with Crippen molar-refractivity contribution in [3.63, 3.8) is 0 Å². The van der Waals surface area contributed by atoms with Crippen LogP contribution in [0.4, 0.5) is 0 Å². The van der Waals surface area contributed by atoms with Crippen LogP contribution < -0.4 is 14.2 Å². The summed E-state index contributed by atoms with van der Waals surface area (Å²) in [5, 5.41) is 0. The molecular weight excluding hydrogens is 436 g/mol. The minimum absolute atomic E-state index is 0.00933. The average Bonchev–Trinajstić information content (AvgIpc) is 2.91. The summed E-state index contributed by atoms with van der Waals surface area (Å²) in [5.74, 6) is 1.98. The van der Waals surface area contributed by atoms with Crippen molar-refractivity contribution in [3.05, 3.63) is 124 Å². The van der Waals surface area contributed by atoms with E-state index in [0.29, 0.717) is 29.2 Å².